The predicted molar refractivity (Wildman–Crippen MR) is 133 cm³/mol. The Hall–Kier alpha value is -1.87. The van der Waals surface area contributed by atoms with Crippen molar-refractivity contribution in [2.45, 2.75) is 51.2 Å². The summed E-state index contributed by atoms with van der Waals surface area (Å²) in [7, 11) is 0. The summed E-state index contributed by atoms with van der Waals surface area (Å²) in [6.45, 7) is 1.90. The van der Waals surface area contributed by atoms with Crippen molar-refractivity contribution >= 4 is 51.3 Å². The molecule has 0 unspecified atom stereocenters. The summed E-state index contributed by atoms with van der Waals surface area (Å²) >= 11 is 8.64. The van der Waals surface area contributed by atoms with Gasteiger partial charge in [-0.3, -0.25) is 0 Å². The van der Waals surface area contributed by atoms with Gasteiger partial charge in [0.25, 0.3) is 0 Å². The number of nitrogens with zero attached hydrogens (tertiary/aromatic N) is 4. The first-order valence-corrected chi connectivity index (χ1v) is 12.6. The number of hydrogen-bond donors (Lipinski definition) is 0. The zero-order valence-electron chi connectivity index (χ0n) is 17.8. The van der Waals surface area contributed by atoms with E-state index in [9.17, 15) is 4.79 Å². The van der Waals surface area contributed by atoms with Crippen LogP contribution in [0.5, 0.6) is 0 Å². The number of rotatable bonds is 3. The van der Waals surface area contributed by atoms with Crippen LogP contribution in [0.4, 0.5) is 4.79 Å². The molecular formula is C24H26ClIN4O2. The van der Waals surface area contributed by atoms with E-state index in [1.807, 2.05) is 35.2 Å². The maximum absolute atomic E-state index is 12.5. The normalized spacial score (nSPS) is 18.9. The van der Waals surface area contributed by atoms with Gasteiger partial charge in [0.1, 0.15) is 23.7 Å². The molecule has 1 aliphatic heterocycles. The highest BCUT2D eigenvalue weighted by molar-refractivity contribution is 14.1. The zero-order valence-corrected chi connectivity index (χ0v) is 20.8. The molecule has 1 saturated heterocycles. The van der Waals surface area contributed by atoms with Gasteiger partial charge in [-0.05, 0) is 72.1 Å². The molecule has 32 heavy (non-hydrogen) atoms. The van der Waals surface area contributed by atoms with E-state index in [2.05, 4.69) is 43.3 Å². The number of likely N-dealkylation sites (tertiary alicyclic amines) is 1. The molecule has 1 aliphatic carbocycles. The second-order valence-corrected chi connectivity index (χ2v) is 10.5. The fourth-order valence-electron chi connectivity index (χ4n) is 5.25. The molecule has 2 aromatic heterocycles. The van der Waals surface area contributed by atoms with Crippen LogP contribution in [-0.4, -0.2) is 38.6 Å². The van der Waals surface area contributed by atoms with E-state index in [4.69, 9.17) is 16.3 Å². The van der Waals surface area contributed by atoms with Crippen molar-refractivity contribution in [1.82, 2.24) is 19.4 Å². The van der Waals surface area contributed by atoms with Crippen molar-refractivity contribution in [3.63, 3.8) is 0 Å². The van der Waals surface area contributed by atoms with Crippen molar-refractivity contribution in [2.24, 2.45) is 5.41 Å². The van der Waals surface area contributed by atoms with Crippen LogP contribution in [-0.2, 0) is 11.3 Å². The SMILES string of the molecule is O=C(OCc1ccccc1)N1CCC2(CCC(n3cc(I)c4c(Cl)ncnc43)CC2)CC1. The summed E-state index contributed by atoms with van der Waals surface area (Å²) in [5, 5.41) is 1.48. The maximum Gasteiger partial charge on any atom is 0.410 e. The third-order valence-electron chi connectivity index (χ3n) is 7.21. The summed E-state index contributed by atoms with van der Waals surface area (Å²) in [4.78, 5) is 23.0. The topological polar surface area (TPSA) is 60.2 Å². The lowest BCUT2D eigenvalue weighted by Crippen LogP contribution is -2.44. The van der Waals surface area contributed by atoms with Crippen molar-refractivity contribution in [3.05, 3.63) is 57.1 Å². The van der Waals surface area contributed by atoms with Crippen LogP contribution in [0.25, 0.3) is 11.0 Å². The molecule has 1 spiro atoms. The maximum atomic E-state index is 12.5. The van der Waals surface area contributed by atoms with Crippen LogP contribution in [0.15, 0.2) is 42.9 Å². The van der Waals surface area contributed by atoms with Crippen LogP contribution < -0.4 is 0 Å². The van der Waals surface area contributed by atoms with Crippen molar-refractivity contribution in [2.75, 3.05) is 13.1 Å². The fourth-order valence-corrected chi connectivity index (χ4v) is 6.44. The van der Waals surface area contributed by atoms with E-state index in [0.717, 1.165) is 58.9 Å². The zero-order chi connectivity index (χ0) is 22.1. The average Bonchev–Trinajstić information content (AvgIpc) is 3.17. The second-order valence-electron chi connectivity index (χ2n) is 9.01. The van der Waals surface area contributed by atoms with E-state index >= 15 is 0 Å². The fraction of sp³-hybridized carbons (Fsp3) is 0.458. The molecule has 8 heteroatoms. The highest BCUT2D eigenvalue weighted by Crippen LogP contribution is 2.48. The summed E-state index contributed by atoms with van der Waals surface area (Å²) in [6, 6.07) is 10.3. The lowest BCUT2D eigenvalue weighted by atomic mass is 9.67. The number of fused-ring (bicyclic) bond motifs is 1. The van der Waals surface area contributed by atoms with Gasteiger partial charge in [-0.15, -0.1) is 0 Å². The van der Waals surface area contributed by atoms with Gasteiger partial charge in [0.05, 0.1) is 5.39 Å². The number of carbonyl (C=O) groups is 1. The Labute approximate surface area is 206 Å². The third kappa shape index (κ3) is 4.33. The molecule has 6 nitrogen and oxygen atoms in total. The Balaban J connectivity index is 1.17. The molecule has 3 heterocycles. The first kappa shape index (κ1) is 21.9. The van der Waals surface area contributed by atoms with Gasteiger partial charge in [0.2, 0.25) is 0 Å². The molecule has 3 aromatic rings. The number of piperidine rings is 1. The average molecular weight is 565 g/mol. The molecule has 0 bridgehead atoms. The molecule has 0 atom stereocenters. The Bertz CT molecular complexity index is 1100. The first-order chi connectivity index (χ1) is 15.5. The number of aromatic nitrogens is 3. The van der Waals surface area contributed by atoms with Crippen LogP contribution in [0.3, 0.4) is 0 Å². The molecule has 2 fully saturated rings. The number of halogens is 2. The Kier molecular flexibility index (Phi) is 6.29. The van der Waals surface area contributed by atoms with Gasteiger partial charge >= 0.3 is 6.09 Å². The van der Waals surface area contributed by atoms with Gasteiger partial charge in [-0.2, -0.15) is 0 Å². The third-order valence-corrected chi connectivity index (χ3v) is 8.32. The largest absolute Gasteiger partial charge is 0.445 e. The predicted octanol–water partition coefficient (Wildman–Crippen LogP) is 6.22. The standard InChI is InChI=1S/C24H26ClIN4O2/c25-21-20-19(26)14-30(22(20)28-16-27-21)18-6-8-24(9-7-18)10-12-29(13-11-24)23(31)32-15-17-4-2-1-3-5-17/h1-5,14,16,18H,6-13,15H2. The summed E-state index contributed by atoms with van der Waals surface area (Å²) in [5.74, 6) is 0. The van der Waals surface area contributed by atoms with Gasteiger partial charge in [-0.1, -0.05) is 41.9 Å². The number of carbonyl (C=O) groups excluding carboxylic acids is 1. The van der Waals surface area contributed by atoms with Crippen molar-refractivity contribution < 1.29 is 9.53 Å². The Morgan fingerprint density at radius 2 is 1.84 bits per heavy atom. The van der Waals surface area contributed by atoms with Gasteiger partial charge in [0, 0.05) is 28.9 Å². The highest BCUT2D eigenvalue weighted by Gasteiger charge is 2.40. The van der Waals surface area contributed by atoms with Crippen molar-refractivity contribution in [3.8, 4) is 0 Å². The van der Waals surface area contributed by atoms with E-state index in [1.54, 1.807) is 6.33 Å². The van der Waals surface area contributed by atoms with Crippen LogP contribution in [0.2, 0.25) is 5.15 Å². The van der Waals surface area contributed by atoms with Gasteiger partial charge < -0.3 is 14.2 Å². The molecule has 1 amide bonds. The minimum Gasteiger partial charge on any atom is -0.445 e. The summed E-state index contributed by atoms with van der Waals surface area (Å²) in [5.41, 5.74) is 2.30. The quantitative estimate of drug-likeness (QED) is 0.280. The molecular weight excluding hydrogens is 539 g/mol. The molecule has 168 valence electrons. The van der Waals surface area contributed by atoms with Crippen LogP contribution >= 0.6 is 34.2 Å². The molecule has 2 aliphatic rings. The minimum absolute atomic E-state index is 0.192. The monoisotopic (exact) mass is 564 g/mol. The first-order valence-electron chi connectivity index (χ1n) is 11.2. The van der Waals surface area contributed by atoms with E-state index in [1.165, 1.54) is 12.8 Å². The Morgan fingerprint density at radius 1 is 1.12 bits per heavy atom. The summed E-state index contributed by atoms with van der Waals surface area (Å²) in [6.07, 6.45) is 10.2. The highest BCUT2D eigenvalue weighted by atomic mass is 127. The number of amides is 1. The van der Waals surface area contributed by atoms with E-state index in [-0.39, 0.29) is 6.09 Å². The van der Waals surface area contributed by atoms with Crippen molar-refractivity contribution in [1.29, 1.82) is 0 Å². The number of hydrogen-bond acceptors (Lipinski definition) is 4. The molecule has 0 N–H and O–H groups in total. The van der Waals surface area contributed by atoms with Gasteiger partial charge in [0.15, 0.2) is 0 Å². The molecule has 0 radical (unpaired) electrons. The molecule has 5 rings (SSSR count). The number of benzene rings is 1. The Morgan fingerprint density at radius 3 is 2.56 bits per heavy atom. The second kappa shape index (κ2) is 9.17. The number of ether oxygens (including phenoxy) is 1. The summed E-state index contributed by atoms with van der Waals surface area (Å²) < 4.78 is 8.93. The van der Waals surface area contributed by atoms with Crippen LogP contribution in [0.1, 0.15) is 50.1 Å². The van der Waals surface area contributed by atoms with E-state index < -0.39 is 0 Å². The lowest BCUT2D eigenvalue weighted by molar-refractivity contribution is 0.0384. The smallest absolute Gasteiger partial charge is 0.410 e. The minimum atomic E-state index is -0.192. The van der Waals surface area contributed by atoms with Crippen LogP contribution in [0, 0.1) is 8.99 Å². The molecule has 1 saturated carbocycles. The van der Waals surface area contributed by atoms with Gasteiger partial charge in [-0.25, -0.2) is 14.8 Å². The lowest BCUT2D eigenvalue weighted by Gasteiger charge is -2.45. The van der Waals surface area contributed by atoms with E-state index in [0.29, 0.717) is 23.2 Å². The molecule has 1 aromatic carbocycles.